The maximum Gasteiger partial charge on any atom is 0.307 e. The van der Waals surface area contributed by atoms with E-state index >= 15 is 0 Å². The van der Waals surface area contributed by atoms with Gasteiger partial charge in [0.1, 0.15) is 11.4 Å². The highest BCUT2D eigenvalue weighted by atomic mass is 16.6. The van der Waals surface area contributed by atoms with Gasteiger partial charge in [-0.2, -0.15) is 0 Å². The number of likely N-dealkylation sites (tertiary alicyclic amines) is 1. The highest BCUT2D eigenvalue weighted by Gasteiger charge is 2.43. The predicted molar refractivity (Wildman–Crippen MR) is 125 cm³/mol. The summed E-state index contributed by atoms with van der Waals surface area (Å²) in [6.07, 6.45) is 6.86. The maximum atomic E-state index is 12.0. The van der Waals surface area contributed by atoms with Crippen LogP contribution in [0.4, 0.5) is 0 Å². The highest BCUT2D eigenvalue weighted by molar-refractivity contribution is 5.71. The summed E-state index contributed by atoms with van der Waals surface area (Å²) >= 11 is 0. The summed E-state index contributed by atoms with van der Waals surface area (Å²) in [6.45, 7) is 9.24. The molecule has 0 radical (unpaired) electrons. The second-order valence-electron chi connectivity index (χ2n) is 9.75. The highest BCUT2D eigenvalue weighted by Crippen LogP contribution is 2.46. The number of esters is 1. The van der Waals surface area contributed by atoms with Gasteiger partial charge in [0.05, 0.1) is 13.0 Å². The molecule has 4 nitrogen and oxygen atoms in total. The smallest absolute Gasteiger partial charge is 0.307 e. The van der Waals surface area contributed by atoms with E-state index in [1.807, 2.05) is 26.8 Å². The van der Waals surface area contributed by atoms with Crippen molar-refractivity contribution in [3.05, 3.63) is 65.2 Å². The lowest BCUT2D eigenvalue weighted by molar-refractivity contribution is -0.155. The predicted octanol–water partition coefficient (Wildman–Crippen LogP) is 5.31. The second kappa shape index (κ2) is 8.88. The molecule has 2 heterocycles. The van der Waals surface area contributed by atoms with E-state index in [2.05, 4.69) is 59.5 Å². The summed E-state index contributed by atoms with van der Waals surface area (Å²) in [4.78, 5) is 14.4. The zero-order chi connectivity index (χ0) is 21.9. The average Bonchev–Trinajstić information content (AvgIpc) is 3.09. The number of ether oxygens (including phenoxy) is 2. The molecule has 2 aromatic carbocycles. The van der Waals surface area contributed by atoms with Crippen LogP contribution in [0.1, 0.15) is 56.7 Å². The molecule has 2 aliphatic heterocycles. The Kier molecular flexibility index (Phi) is 6.19. The third-order valence-corrected chi connectivity index (χ3v) is 6.21. The van der Waals surface area contributed by atoms with E-state index < -0.39 is 5.60 Å². The van der Waals surface area contributed by atoms with Crippen LogP contribution >= 0.6 is 0 Å². The molecule has 1 fully saturated rings. The van der Waals surface area contributed by atoms with Gasteiger partial charge in [-0.05, 0) is 63.9 Å². The number of hydrogen-bond donors (Lipinski definition) is 0. The Bertz CT molecular complexity index is 935. The Morgan fingerprint density at radius 1 is 1.06 bits per heavy atom. The molecule has 0 bridgehead atoms. The summed E-state index contributed by atoms with van der Waals surface area (Å²) in [5.74, 6) is 0.913. The molecule has 1 spiro atoms. The van der Waals surface area contributed by atoms with Gasteiger partial charge in [0.25, 0.3) is 0 Å². The Labute approximate surface area is 185 Å². The van der Waals surface area contributed by atoms with Crippen molar-refractivity contribution in [2.24, 2.45) is 0 Å². The van der Waals surface area contributed by atoms with Crippen LogP contribution in [0.25, 0.3) is 12.2 Å². The number of rotatable bonds is 5. The fraction of sp³-hybridized carbons (Fsp3) is 0.444. The van der Waals surface area contributed by atoms with Gasteiger partial charge in [0.2, 0.25) is 0 Å². The number of hydrogen-bond acceptors (Lipinski definition) is 4. The van der Waals surface area contributed by atoms with Crippen molar-refractivity contribution in [3.8, 4) is 5.75 Å². The number of piperidine rings is 1. The average molecular weight is 420 g/mol. The minimum atomic E-state index is -0.414. The summed E-state index contributed by atoms with van der Waals surface area (Å²) in [5, 5.41) is 0. The molecule has 2 aromatic rings. The van der Waals surface area contributed by atoms with E-state index in [1.165, 1.54) is 11.1 Å². The molecule has 164 valence electrons. The van der Waals surface area contributed by atoms with Crippen LogP contribution < -0.4 is 4.74 Å². The van der Waals surface area contributed by atoms with Gasteiger partial charge in [-0.3, -0.25) is 4.79 Å². The Hall–Kier alpha value is -2.59. The van der Waals surface area contributed by atoms with Crippen LogP contribution in [-0.2, 0) is 14.9 Å². The van der Waals surface area contributed by atoms with Crippen molar-refractivity contribution >= 4 is 18.1 Å². The van der Waals surface area contributed by atoms with E-state index in [9.17, 15) is 4.79 Å². The van der Waals surface area contributed by atoms with E-state index in [0.29, 0.717) is 6.42 Å². The van der Waals surface area contributed by atoms with Crippen molar-refractivity contribution in [2.45, 2.75) is 51.0 Å². The SMILES string of the molecule is CC(C)(C)OC(=O)CCN1CCC2(CC1)COc1cc(C=Cc3ccccc3)ccc12. The second-order valence-corrected chi connectivity index (χ2v) is 9.75. The quantitative estimate of drug-likeness (QED) is 0.486. The molecule has 0 unspecified atom stereocenters. The van der Waals surface area contributed by atoms with Gasteiger partial charge in [-0.25, -0.2) is 0 Å². The first-order valence-corrected chi connectivity index (χ1v) is 11.3. The molecule has 0 aliphatic carbocycles. The maximum absolute atomic E-state index is 12.0. The monoisotopic (exact) mass is 419 g/mol. The summed E-state index contributed by atoms with van der Waals surface area (Å²) in [6, 6.07) is 17.0. The third kappa shape index (κ3) is 5.37. The van der Waals surface area contributed by atoms with Crippen LogP contribution in [0.15, 0.2) is 48.5 Å². The minimum absolute atomic E-state index is 0.111. The van der Waals surface area contributed by atoms with Gasteiger partial charge < -0.3 is 14.4 Å². The molecular weight excluding hydrogens is 386 g/mol. The minimum Gasteiger partial charge on any atom is -0.492 e. The molecule has 1 saturated heterocycles. The number of fused-ring (bicyclic) bond motifs is 2. The van der Waals surface area contributed by atoms with E-state index in [-0.39, 0.29) is 11.4 Å². The molecule has 0 amide bonds. The van der Waals surface area contributed by atoms with E-state index in [0.717, 1.165) is 50.4 Å². The molecule has 0 saturated carbocycles. The lowest BCUT2D eigenvalue weighted by Crippen LogP contribution is -2.44. The lowest BCUT2D eigenvalue weighted by atomic mass is 9.74. The normalized spacial score (nSPS) is 18.2. The Balaban J connectivity index is 1.34. The first-order chi connectivity index (χ1) is 14.8. The summed E-state index contributed by atoms with van der Waals surface area (Å²) < 4.78 is 11.6. The molecular formula is C27H33NO3. The fourth-order valence-corrected chi connectivity index (χ4v) is 4.51. The van der Waals surface area contributed by atoms with Crippen LogP contribution in [-0.4, -0.2) is 42.7 Å². The van der Waals surface area contributed by atoms with Gasteiger partial charge in [-0.15, -0.1) is 0 Å². The van der Waals surface area contributed by atoms with Crippen molar-refractivity contribution in [1.29, 1.82) is 0 Å². The molecule has 31 heavy (non-hydrogen) atoms. The molecule has 0 aromatic heterocycles. The summed E-state index contributed by atoms with van der Waals surface area (Å²) in [7, 11) is 0. The standard InChI is InChI=1S/C27H33NO3/c1-26(2,3)31-25(29)13-16-28-17-14-27(15-18-28)20-30-24-19-22(11-12-23(24)27)10-9-21-7-5-4-6-8-21/h4-12,19H,13-18,20H2,1-3H3. The van der Waals surface area contributed by atoms with Crippen LogP contribution in [0.5, 0.6) is 5.75 Å². The number of benzene rings is 2. The Morgan fingerprint density at radius 2 is 1.77 bits per heavy atom. The first kappa shape index (κ1) is 21.6. The molecule has 2 aliphatic rings. The third-order valence-electron chi connectivity index (χ3n) is 6.21. The fourth-order valence-electron chi connectivity index (χ4n) is 4.51. The lowest BCUT2D eigenvalue weighted by Gasteiger charge is -2.38. The van der Waals surface area contributed by atoms with Gasteiger partial charge >= 0.3 is 5.97 Å². The zero-order valence-corrected chi connectivity index (χ0v) is 18.9. The van der Waals surface area contributed by atoms with E-state index in [4.69, 9.17) is 9.47 Å². The van der Waals surface area contributed by atoms with Crippen molar-refractivity contribution in [1.82, 2.24) is 4.90 Å². The van der Waals surface area contributed by atoms with Gasteiger partial charge in [0.15, 0.2) is 0 Å². The number of nitrogens with zero attached hydrogens (tertiary/aromatic N) is 1. The van der Waals surface area contributed by atoms with Gasteiger partial charge in [0, 0.05) is 17.5 Å². The molecule has 4 rings (SSSR count). The largest absolute Gasteiger partial charge is 0.492 e. The summed E-state index contributed by atoms with van der Waals surface area (Å²) in [5.41, 5.74) is 3.40. The van der Waals surface area contributed by atoms with Crippen molar-refractivity contribution in [3.63, 3.8) is 0 Å². The Morgan fingerprint density at radius 3 is 2.48 bits per heavy atom. The molecule has 4 heteroatoms. The van der Waals surface area contributed by atoms with E-state index in [1.54, 1.807) is 0 Å². The van der Waals surface area contributed by atoms with Gasteiger partial charge in [-0.1, -0.05) is 54.6 Å². The molecule has 0 N–H and O–H groups in total. The zero-order valence-electron chi connectivity index (χ0n) is 18.9. The number of carbonyl (C=O) groups excluding carboxylic acids is 1. The first-order valence-electron chi connectivity index (χ1n) is 11.3. The topological polar surface area (TPSA) is 38.8 Å². The van der Waals surface area contributed by atoms with Crippen molar-refractivity contribution < 1.29 is 14.3 Å². The van der Waals surface area contributed by atoms with Crippen LogP contribution in [0.3, 0.4) is 0 Å². The number of carbonyl (C=O) groups is 1. The van der Waals surface area contributed by atoms with Crippen molar-refractivity contribution in [2.75, 3.05) is 26.2 Å². The molecule has 0 atom stereocenters. The van der Waals surface area contributed by atoms with Crippen LogP contribution in [0.2, 0.25) is 0 Å². The van der Waals surface area contributed by atoms with Crippen LogP contribution in [0, 0.1) is 0 Å².